The van der Waals surface area contributed by atoms with Crippen LogP contribution in [0.1, 0.15) is 29.7 Å². The SMILES string of the molecule is Cc1ccc2c(CC(=O)NC(C)c3ccc(S(C)(=O)=O)cc3)coc2c1. The molecule has 1 N–H and O–H groups in total. The standard InChI is InChI=1S/C20H21NO4S/c1-13-4-9-18-16(12-25-19(18)10-13)11-20(22)21-14(2)15-5-7-17(8-6-15)26(3,23)24/h4-10,12,14H,11H2,1-3H3,(H,21,22). The van der Waals surface area contributed by atoms with Gasteiger partial charge in [-0.25, -0.2) is 8.42 Å². The second-order valence-corrected chi connectivity index (χ2v) is 8.58. The first-order valence-electron chi connectivity index (χ1n) is 8.30. The van der Waals surface area contributed by atoms with E-state index in [1.807, 2.05) is 32.0 Å². The molecule has 5 nitrogen and oxygen atoms in total. The van der Waals surface area contributed by atoms with Gasteiger partial charge in [0.05, 0.1) is 23.6 Å². The van der Waals surface area contributed by atoms with Crippen molar-refractivity contribution in [1.29, 1.82) is 0 Å². The molecular formula is C20H21NO4S. The lowest BCUT2D eigenvalue weighted by molar-refractivity contribution is -0.121. The molecule has 0 aliphatic rings. The van der Waals surface area contributed by atoms with Gasteiger partial charge in [0.1, 0.15) is 5.58 Å². The lowest BCUT2D eigenvalue weighted by Gasteiger charge is -2.14. The van der Waals surface area contributed by atoms with Crippen LogP contribution in [0.4, 0.5) is 0 Å². The molecule has 0 spiro atoms. The monoisotopic (exact) mass is 371 g/mol. The summed E-state index contributed by atoms with van der Waals surface area (Å²) in [5, 5.41) is 3.88. The van der Waals surface area contributed by atoms with Crippen LogP contribution in [0.3, 0.4) is 0 Å². The van der Waals surface area contributed by atoms with E-state index in [-0.39, 0.29) is 23.3 Å². The molecule has 0 aliphatic heterocycles. The second kappa shape index (κ2) is 6.96. The number of hydrogen-bond acceptors (Lipinski definition) is 4. The molecule has 1 unspecified atom stereocenters. The lowest BCUT2D eigenvalue weighted by atomic mass is 10.1. The van der Waals surface area contributed by atoms with E-state index in [4.69, 9.17) is 4.42 Å². The smallest absolute Gasteiger partial charge is 0.225 e. The molecule has 26 heavy (non-hydrogen) atoms. The number of furan rings is 1. The Bertz CT molecular complexity index is 1050. The third kappa shape index (κ3) is 3.96. The number of carbonyl (C=O) groups is 1. The number of amides is 1. The first kappa shape index (κ1) is 18.2. The van der Waals surface area contributed by atoms with Gasteiger partial charge in [-0.1, -0.05) is 24.3 Å². The van der Waals surface area contributed by atoms with Crippen LogP contribution in [-0.4, -0.2) is 20.6 Å². The minimum absolute atomic E-state index is 0.118. The summed E-state index contributed by atoms with van der Waals surface area (Å²) in [5.74, 6) is -0.118. The number of benzene rings is 2. The van der Waals surface area contributed by atoms with Crippen molar-refractivity contribution in [2.24, 2.45) is 0 Å². The van der Waals surface area contributed by atoms with Gasteiger partial charge in [0, 0.05) is 17.2 Å². The summed E-state index contributed by atoms with van der Waals surface area (Å²) in [6, 6.07) is 12.2. The maximum absolute atomic E-state index is 12.4. The Morgan fingerprint density at radius 2 is 1.85 bits per heavy atom. The molecule has 0 fully saturated rings. The average Bonchev–Trinajstić information content (AvgIpc) is 2.96. The van der Waals surface area contributed by atoms with E-state index >= 15 is 0 Å². The maximum Gasteiger partial charge on any atom is 0.225 e. The van der Waals surface area contributed by atoms with Crippen LogP contribution >= 0.6 is 0 Å². The Balaban J connectivity index is 1.69. The van der Waals surface area contributed by atoms with Crippen molar-refractivity contribution in [3.8, 4) is 0 Å². The summed E-state index contributed by atoms with van der Waals surface area (Å²) >= 11 is 0. The largest absolute Gasteiger partial charge is 0.464 e. The number of nitrogens with one attached hydrogen (secondary N) is 1. The molecule has 1 atom stereocenters. The van der Waals surface area contributed by atoms with Gasteiger partial charge in [-0.15, -0.1) is 0 Å². The fourth-order valence-corrected chi connectivity index (χ4v) is 3.51. The minimum Gasteiger partial charge on any atom is -0.464 e. The van der Waals surface area contributed by atoms with E-state index in [1.165, 1.54) is 6.26 Å². The number of carbonyl (C=O) groups excluding carboxylic acids is 1. The zero-order chi connectivity index (χ0) is 18.9. The molecule has 136 valence electrons. The molecule has 0 saturated heterocycles. The highest BCUT2D eigenvalue weighted by Gasteiger charge is 2.14. The summed E-state index contributed by atoms with van der Waals surface area (Å²) in [6.07, 6.45) is 3.01. The van der Waals surface area contributed by atoms with Crippen LogP contribution in [0.25, 0.3) is 11.0 Å². The Morgan fingerprint density at radius 3 is 2.50 bits per heavy atom. The van der Waals surface area contributed by atoms with Crippen molar-refractivity contribution in [2.75, 3.05) is 6.26 Å². The van der Waals surface area contributed by atoms with Gasteiger partial charge in [-0.2, -0.15) is 0 Å². The quantitative estimate of drug-likeness (QED) is 0.744. The van der Waals surface area contributed by atoms with Crippen molar-refractivity contribution in [3.63, 3.8) is 0 Å². The minimum atomic E-state index is -3.22. The van der Waals surface area contributed by atoms with Gasteiger partial charge in [0.15, 0.2) is 9.84 Å². The van der Waals surface area contributed by atoms with Gasteiger partial charge in [-0.05, 0) is 43.2 Å². The average molecular weight is 371 g/mol. The lowest BCUT2D eigenvalue weighted by Crippen LogP contribution is -2.28. The number of rotatable bonds is 5. The molecule has 1 amide bonds. The van der Waals surface area contributed by atoms with Crippen molar-refractivity contribution >= 4 is 26.7 Å². The van der Waals surface area contributed by atoms with Crippen molar-refractivity contribution in [3.05, 3.63) is 65.4 Å². The maximum atomic E-state index is 12.4. The van der Waals surface area contributed by atoms with Crippen LogP contribution in [0.2, 0.25) is 0 Å². The van der Waals surface area contributed by atoms with E-state index in [0.717, 1.165) is 27.7 Å². The second-order valence-electron chi connectivity index (χ2n) is 6.57. The Labute approximate surface area is 152 Å². The Kier molecular flexibility index (Phi) is 4.87. The molecule has 2 aromatic carbocycles. The molecule has 6 heteroatoms. The zero-order valence-electron chi connectivity index (χ0n) is 14.9. The number of fused-ring (bicyclic) bond motifs is 1. The topological polar surface area (TPSA) is 76.4 Å². The normalized spacial score (nSPS) is 12.9. The molecule has 1 heterocycles. The molecular weight excluding hydrogens is 350 g/mol. The molecule has 0 bridgehead atoms. The highest BCUT2D eigenvalue weighted by Crippen LogP contribution is 2.23. The zero-order valence-corrected chi connectivity index (χ0v) is 15.8. The van der Waals surface area contributed by atoms with E-state index in [9.17, 15) is 13.2 Å². The molecule has 0 radical (unpaired) electrons. The van der Waals surface area contributed by atoms with Crippen LogP contribution in [-0.2, 0) is 21.1 Å². The first-order valence-corrected chi connectivity index (χ1v) is 10.2. The van der Waals surface area contributed by atoms with Crippen molar-refractivity contribution in [2.45, 2.75) is 31.2 Å². The molecule has 3 aromatic rings. The summed E-state index contributed by atoms with van der Waals surface area (Å²) in [5.41, 5.74) is 3.57. The number of sulfone groups is 1. The summed E-state index contributed by atoms with van der Waals surface area (Å²) in [6.45, 7) is 3.86. The summed E-state index contributed by atoms with van der Waals surface area (Å²) < 4.78 is 28.6. The third-order valence-electron chi connectivity index (χ3n) is 4.35. The predicted molar refractivity (Wildman–Crippen MR) is 101 cm³/mol. The number of aryl methyl sites for hydroxylation is 1. The van der Waals surface area contributed by atoms with Crippen LogP contribution in [0.5, 0.6) is 0 Å². The van der Waals surface area contributed by atoms with Crippen molar-refractivity contribution in [1.82, 2.24) is 5.32 Å². The molecule has 1 aromatic heterocycles. The molecule has 3 rings (SSSR count). The summed E-state index contributed by atoms with van der Waals surface area (Å²) in [4.78, 5) is 12.6. The third-order valence-corrected chi connectivity index (χ3v) is 5.48. The van der Waals surface area contributed by atoms with Gasteiger partial charge in [0.25, 0.3) is 0 Å². The Hall–Kier alpha value is -2.60. The van der Waals surface area contributed by atoms with Gasteiger partial charge >= 0.3 is 0 Å². The van der Waals surface area contributed by atoms with E-state index in [2.05, 4.69) is 5.32 Å². The van der Waals surface area contributed by atoms with Crippen LogP contribution in [0.15, 0.2) is 58.0 Å². The molecule has 0 saturated carbocycles. The fourth-order valence-electron chi connectivity index (χ4n) is 2.88. The van der Waals surface area contributed by atoms with Crippen LogP contribution in [0, 0.1) is 6.92 Å². The van der Waals surface area contributed by atoms with E-state index in [0.29, 0.717) is 0 Å². The van der Waals surface area contributed by atoms with Gasteiger partial charge in [0.2, 0.25) is 5.91 Å². The summed E-state index contributed by atoms with van der Waals surface area (Å²) in [7, 11) is -3.22. The predicted octanol–water partition coefficient (Wildman–Crippen LogP) is 3.56. The highest BCUT2D eigenvalue weighted by atomic mass is 32.2. The van der Waals surface area contributed by atoms with Gasteiger partial charge < -0.3 is 9.73 Å². The van der Waals surface area contributed by atoms with Gasteiger partial charge in [-0.3, -0.25) is 4.79 Å². The Morgan fingerprint density at radius 1 is 1.15 bits per heavy atom. The van der Waals surface area contributed by atoms with Crippen LogP contribution < -0.4 is 5.32 Å². The van der Waals surface area contributed by atoms with E-state index in [1.54, 1.807) is 30.5 Å². The fraction of sp³-hybridized carbons (Fsp3) is 0.250. The van der Waals surface area contributed by atoms with E-state index < -0.39 is 9.84 Å². The number of hydrogen-bond donors (Lipinski definition) is 1. The highest BCUT2D eigenvalue weighted by molar-refractivity contribution is 7.90. The van der Waals surface area contributed by atoms with Crippen molar-refractivity contribution < 1.29 is 17.6 Å². The molecule has 0 aliphatic carbocycles. The first-order chi connectivity index (χ1) is 12.2.